The molecule has 0 saturated heterocycles. The minimum atomic E-state index is -0.806. The van der Waals surface area contributed by atoms with Gasteiger partial charge in [0.2, 0.25) is 0 Å². The molecule has 3 N–H and O–H groups in total. The second-order valence-electron chi connectivity index (χ2n) is 5.38. The van der Waals surface area contributed by atoms with Crippen molar-refractivity contribution in [3.63, 3.8) is 0 Å². The molecule has 0 radical (unpaired) electrons. The summed E-state index contributed by atoms with van der Waals surface area (Å²) in [5, 5.41) is 3.32. The summed E-state index contributed by atoms with van der Waals surface area (Å²) < 4.78 is 5.01. The fraction of sp³-hybridized carbons (Fsp3) is 0.167. The number of Topliss-reactive ketones (excluding diaryl/α,β-unsaturated/α-hetero) is 1. The monoisotopic (exact) mass is 394 g/mol. The largest absolute Gasteiger partial charge is 0.457 e. The molecule has 0 aliphatic rings. The van der Waals surface area contributed by atoms with Gasteiger partial charge in [0.25, 0.3) is 0 Å². The van der Waals surface area contributed by atoms with E-state index in [1.165, 1.54) is 0 Å². The summed E-state index contributed by atoms with van der Waals surface area (Å²) in [6.07, 6.45) is -0.222. The van der Waals surface area contributed by atoms with E-state index in [0.717, 1.165) is 0 Å². The molecule has 6 nitrogen and oxygen atoms in total. The van der Waals surface area contributed by atoms with E-state index in [1.54, 1.807) is 48.5 Å². The summed E-state index contributed by atoms with van der Waals surface area (Å²) in [5.41, 5.74) is 6.05. The summed E-state index contributed by atoms with van der Waals surface area (Å²) in [6.45, 7) is -0.424. The summed E-state index contributed by atoms with van der Waals surface area (Å²) in [7, 11) is 0. The summed E-state index contributed by atoms with van der Waals surface area (Å²) in [6, 6.07) is 11.4. The van der Waals surface area contributed by atoms with Gasteiger partial charge in [-0.25, -0.2) is 4.79 Å². The summed E-state index contributed by atoms with van der Waals surface area (Å²) in [4.78, 5) is 35.3. The molecule has 0 saturated carbocycles. The molecule has 0 unspecified atom stereocenters. The van der Waals surface area contributed by atoms with E-state index >= 15 is 0 Å². The third-order valence-electron chi connectivity index (χ3n) is 3.50. The average molecular weight is 395 g/mol. The second kappa shape index (κ2) is 9.22. The number of carbonyl (C=O) groups excluding carboxylic acids is 3. The molecule has 8 heteroatoms. The van der Waals surface area contributed by atoms with Crippen LogP contribution in [0.4, 0.5) is 4.79 Å². The predicted molar refractivity (Wildman–Crippen MR) is 98.3 cm³/mol. The van der Waals surface area contributed by atoms with E-state index in [2.05, 4.69) is 5.32 Å². The van der Waals surface area contributed by atoms with Crippen LogP contribution >= 0.6 is 23.2 Å². The number of rotatable bonds is 7. The molecule has 2 rings (SSSR count). The van der Waals surface area contributed by atoms with Crippen molar-refractivity contribution >= 4 is 41.0 Å². The first-order valence-electron chi connectivity index (χ1n) is 7.61. The van der Waals surface area contributed by atoms with Gasteiger partial charge in [-0.3, -0.25) is 9.59 Å². The van der Waals surface area contributed by atoms with Crippen LogP contribution in [0.1, 0.15) is 28.4 Å². The third-order valence-corrected chi connectivity index (χ3v) is 4.09. The highest BCUT2D eigenvalue weighted by Crippen LogP contribution is 2.25. The van der Waals surface area contributed by atoms with Gasteiger partial charge in [0, 0.05) is 15.6 Å². The fourth-order valence-electron chi connectivity index (χ4n) is 2.26. The van der Waals surface area contributed by atoms with E-state index in [4.69, 9.17) is 33.7 Å². The standard InChI is InChI=1S/C18H16Cl2N2O4/c19-12-7-5-11(6-8-12)16(23)10-26-17(24)9-15(22-18(21)25)13-3-1-2-4-14(13)20/h1-8,15H,9-10H2,(H3,21,22,25)/t15-/m1/s1. The normalized spacial score (nSPS) is 11.5. The average Bonchev–Trinajstić information content (AvgIpc) is 2.60. The molecule has 0 bridgehead atoms. The molecular formula is C18H16Cl2N2O4. The Morgan fingerprint density at radius 1 is 1.04 bits per heavy atom. The van der Waals surface area contributed by atoms with Crippen molar-refractivity contribution in [2.45, 2.75) is 12.5 Å². The summed E-state index contributed by atoms with van der Waals surface area (Å²) >= 11 is 11.9. The van der Waals surface area contributed by atoms with Crippen LogP contribution in [-0.4, -0.2) is 24.4 Å². The quantitative estimate of drug-likeness (QED) is 0.554. The first kappa shape index (κ1) is 19.8. The van der Waals surface area contributed by atoms with Crippen molar-refractivity contribution in [3.05, 3.63) is 69.7 Å². The van der Waals surface area contributed by atoms with Crippen LogP contribution in [0.25, 0.3) is 0 Å². The van der Waals surface area contributed by atoms with Crippen LogP contribution in [0.3, 0.4) is 0 Å². The first-order valence-corrected chi connectivity index (χ1v) is 8.37. The molecule has 0 spiro atoms. The fourth-order valence-corrected chi connectivity index (χ4v) is 2.65. The van der Waals surface area contributed by atoms with Crippen LogP contribution < -0.4 is 11.1 Å². The lowest BCUT2D eigenvalue weighted by Gasteiger charge is -2.18. The van der Waals surface area contributed by atoms with Gasteiger partial charge in [0.05, 0.1) is 12.5 Å². The molecular weight excluding hydrogens is 379 g/mol. The van der Waals surface area contributed by atoms with E-state index in [0.29, 0.717) is 21.2 Å². The highest BCUT2D eigenvalue weighted by molar-refractivity contribution is 6.31. The number of hydrogen-bond donors (Lipinski definition) is 2. The Hall–Kier alpha value is -2.57. The molecule has 136 valence electrons. The number of nitrogens with one attached hydrogen (secondary N) is 1. The number of benzene rings is 2. The Morgan fingerprint density at radius 3 is 2.31 bits per heavy atom. The summed E-state index contributed by atoms with van der Waals surface area (Å²) in [5.74, 6) is -1.04. The molecule has 26 heavy (non-hydrogen) atoms. The maximum Gasteiger partial charge on any atom is 0.312 e. The number of esters is 1. The van der Waals surface area contributed by atoms with E-state index in [9.17, 15) is 14.4 Å². The Balaban J connectivity index is 1.98. The number of ketones is 1. The predicted octanol–water partition coefficient (Wildman–Crippen LogP) is 3.52. The maximum atomic E-state index is 12.1. The minimum absolute atomic E-state index is 0.222. The van der Waals surface area contributed by atoms with Gasteiger partial charge in [-0.1, -0.05) is 41.4 Å². The number of amides is 2. The highest BCUT2D eigenvalue weighted by atomic mass is 35.5. The lowest BCUT2D eigenvalue weighted by atomic mass is 10.0. The number of hydrogen-bond acceptors (Lipinski definition) is 4. The molecule has 2 aromatic rings. The first-order chi connectivity index (χ1) is 12.4. The van der Waals surface area contributed by atoms with Gasteiger partial charge < -0.3 is 15.8 Å². The maximum absolute atomic E-state index is 12.1. The van der Waals surface area contributed by atoms with Crippen LogP contribution in [0.15, 0.2) is 48.5 Å². The lowest BCUT2D eigenvalue weighted by molar-refractivity contribution is -0.143. The van der Waals surface area contributed by atoms with Crippen molar-refractivity contribution in [1.82, 2.24) is 5.32 Å². The molecule has 1 atom stereocenters. The van der Waals surface area contributed by atoms with E-state index < -0.39 is 24.6 Å². The molecule has 0 aliphatic carbocycles. The van der Waals surface area contributed by atoms with Crippen molar-refractivity contribution in [1.29, 1.82) is 0 Å². The Kier molecular flexibility index (Phi) is 7.00. The van der Waals surface area contributed by atoms with Crippen molar-refractivity contribution in [3.8, 4) is 0 Å². The smallest absolute Gasteiger partial charge is 0.312 e. The topological polar surface area (TPSA) is 98.5 Å². The van der Waals surface area contributed by atoms with Gasteiger partial charge in [-0.05, 0) is 35.9 Å². The van der Waals surface area contributed by atoms with Crippen molar-refractivity contribution in [2.75, 3.05) is 6.61 Å². The SMILES string of the molecule is NC(=O)N[C@H](CC(=O)OCC(=O)c1ccc(Cl)cc1)c1ccccc1Cl. The Bertz CT molecular complexity index is 809. The second-order valence-corrected chi connectivity index (χ2v) is 6.22. The number of carbonyl (C=O) groups is 3. The van der Waals surface area contributed by atoms with Gasteiger partial charge in [0.1, 0.15) is 0 Å². The van der Waals surface area contributed by atoms with Crippen LogP contribution in [0.5, 0.6) is 0 Å². The third kappa shape index (κ3) is 5.75. The zero-order valence-electron chi connectivity index (χ0n) is 13.6. The molecule has 2 aromatic carbocycles. The number of nitrogens with two attached hydrogens (primary N) is 1. The van der Waals surface area contributed by atoms with Crippen LogP contribution in [0.2, 0.25) is 10.0 Å². The Labute approximate surface area is 160 Å². The molecule has 2 amide bonds. The van der Waals surface area contributed by atoms with Crippen molar-refractivity contribution < 1.29 is 19.1 Å². The van der Waals surface area contributed by atoms with E-state index in [-0.39, 0.29) is 12.2 Å². The zero-order valence-corrected chi connectivity index (χ0v) is 15.1. The van der Waals surface area contributed by atoms with Gasteiger partial charge in [0.15, 0.2) is 12.4 Å². The number of urea groups is 1. The molecule has 0 fully saturated rings. The van der Waals surface area contributed by atoms with Gasteiger partial charge in [-0.15, -0.1) is 0 Å². The molecule has 0 aliphatic heterocycles. The molecule has 0 heterocycles. The van der Waals surface area contributed by atoms with Crippen molar-refractivity contribution in [2.24, 2.45) is 5.73 Å². The minimum Gasteiger partial charge on any atom is -0.457 e. The lowest BCUT2D eigenvalue weighted by Crippen LogP contribution is -2.35. The van der Waals surface area contributed by atoms with Gasteiger partial charge in [-0.2, -0.15) is 0 Å². The number of primary amides is 1. The van der Waals surface area contributed by atoms with Gasteiger partial charge >= 0.3 is 12.0 Å². The zero-order chi connectivity index (χ0) is 19.1. The van der Waals surface area contributed by atoms with Crippen LogP contribution in [0, 0.1) is 0 Å². The van der Waals surface area contributed by atoms with Crippen LogP contribution in [-0.2, 0) is 9.53 Å². The highest BCUT2D eigenvalue weighted by Gasteiger charge is 2.21. The molecule has 0 aromatic heterocycles. The number of ether oxygens (including phenoxy) is 1. The van der Waals surface area contributed by atoms with E-state index in [1.807, 2.05) is 0 Å². The number of halogens is 2. The Morgan fingerprint density at radius 2 is 1.69 bits per heavy atom.